The van der Waals surface area contributed by atoms with Crippen LogP contribution >= 0.6 is 23.4 Å². The fraction of sp³-hybridized carbons (Fsp3) is 0.111. The van der Waals surface area contributed by atoms with E-state index in [4.69, 9.17) is 16.3 Å². The van der Waals surface area contributed by atoms with Gasteiger partial charge in [-0.15, -0.1) is 0 Å². The maximum Gasteiger partial charge on any atom is 0.343 e. The number of esters is 1. The quantitative estimate of drug-likeness (QED) is 0.172. The first-order chi connectivity index (χ1) is 12.3. The number of rotatable bonds is 6. The average Bonchev–Trinajstić information content (AvgIpc) is 2.59. The molecule has 0 amide bonds. The zero-order valence-corrected chi connectivity index (χ0v) is 15.5. The maximum atomic E-state index is 12.2. The average molecular weight is 392 g/mol. The van der Waals surface area contributed by atoms with E-state index in [1.54, 1.807) is 18.2 Å². The third kappa shape index (κ3) is 4.93. The van der Waals surface area contributed by atoms with Crippen molar-refractivity contribution in [3.05, 3.63) is 79.9 Å². The molecular formula is C18H14ClNO5S. The number of nitro benzene ring substituents is 1. The van der Waals surface area contributed by atoms with Gasteiger partial charge in [-0.2, -0.15) is 0 Å². The number of benzene rings is 2. The number of ether oxygens (including phenoxy) is 1. The second-order valence-corrected chi connectivity index (χ2v) is 6.65. The molecule has 0 aliphatic heterocycles. The number of hydrogen-bond acceptors (Lipinski definition) is 6. The molecule has 0 spiro atoms. The summed E-state index contributed by atoms with van der Waals surface area (Å²) in [6, 6.07) is 12.1. The molecule has 0 radical (unpaired) electrons. The molecule has 0 fully saturated rings. The Balaban J connectivity index is 2.30. The van der Waals surface area contributed by atoms with Gasteiger partial charge in [-0.05, 0) is 44.2 Å². The number of nitro groups is 1. The van der Waals surface area contributed by atoms with Gasteiger partial charge in [-0.25, -0.2) is 4.79 Å². The van der Waals surface area contributed by atoms with Gasteiger partial charge in [-0.3, -0.25) is 14.9 Å². The molecule has 0 heterocycles. The summed E-state index contributed by atoms with van der Waals surface area (Å²) in [4.78, 5) is 35.2. The molecule has 0 aromatic heterocycles. The van der Waals surface area contributed by atoms with Crippen LogP contribution < -0.4 is 0 Å². The summed E-state index contributed by atoms with van der Waals surface area (Å²) >= 11 is 6.67. The molecule has 8 heteroatoms. The van der Waals surface area contributed by atoms with Crippen molar-refractivity contribution in [1.29, 1.82) is 0 Å². The number of halogens is 1. The fourth-order valence-corrected chi connectivity index (χ4v) is 3.09. The predicted octanol–water partition coefficient (Wildman–Crippen LogP) is 5.02. The van der Waals surface area contributed by atoms with Crippen molar-refractivity contribution >= 4 is 40.8 Å². The second-order valence-electron chi connectivity index (χ2n) is 5.16. The standard InChI is InChI=1S/C18H14ClNO5S/c1-11(21)17(26-16-6-4-3-5-15(16)20(23)24)12(2)25-18(22)13-7-9-14(19)10-8-13/h3-10H,1-2H3. The molecule has 134 valence electrons. The molecule has 0 atom stereocenters. The number of thioether (sulfide) groups is 1. The van der Waals surface area contributed by atoms with Crippen LogP contribution in [-0.2, 0) is 9.53 Å². The highest BCUT2D eigenvalue weighted by Gasteiger charge is 2.20. The van der Waals surface area contributed by atoms with E-state index in [0.717, 1.165) is 11.8 Å². The summed E-state index contributed by atoms with van der Waals surface area (Å²) in [7, 11) is 0. The van der Waals surface area contributed by atoms with Crippen LogP contribution in [-0.4, -0.2) is 16.7 Å². The monoisotopic (exact) mass is 391 g/mol. The van der Waals surface area contributed by atoms with Crippen LogP contribution in [0.4, 0.5) is 5.69 Å². The number of carbonyl (C=O) groups is 2. The molecule has 0 bridgehead atoms. The van der Waals surface area contributed by atoms with E-state index in [1.807, 2.05) is 0 Å². The largest absolute Gasteiger partial charge is 0.426 e. The highest BCUT2D eigenvalue weighted by molar-refractivity contribution is 8.04. The van der Waals surface area contributed by atoms with Gasteiger partial charge in [0.15, 0.2) is 5.78 Å². The predicted molar refractivity (Wildman–Crippen MR) is 99.2 cm³/mol. The van der Waals surface area contributed by atoms with Gasteiger partial charge in [0.05, 0.1) is 20.3 Å². The number of nitrogens with zero attached hydrogens (tertiary/aromatic N) is 1. The summed E-state index contributed by atoms with van der Waals surface area (Å²) in [6.07, 6.45) is 0. The Morgan fingerprint density at radius 3 is 2.27 bits per heavy atom. The van der Waals surface area contributed by atoms with Gasteiger partial charge < -0.3 is 4.74 Å². The van der Waals surface area contributed by atoms with E-state index in [9.17, 15) is 19.7 Å². The Bertz CT molecular complexity index is 893. The molecule has 26 heavy (non-hydrogen) atoms. The molecule has 2 rings (SSSR count). The van der Waals surface area contributed by atoms with Crippen molar-refractivity contribution in [2.75, 3.05) is 0 Å². The van der Waals surface area contributed by atoms with E-state index >= 15 is 0 Å². The van der Waals surface area contributed by atoms with Crippen molar-refractivity contribution in [2.24, 2.45) is 0 Å². The van der Waals surface area contributed by atoms with Gasteiger partial charge in [0, 0.05) is 11.1 Å². The van der Waals surface area contributed by atoms with E-state index < -0.39 is 10.9 Å². The van der Waals surface area contributed by atoms with Crippen molar-refractivity contribution < 1.29 is 19.2 Å². The molecule has 0 unspecified atom stereocenters. The van der Waals surface area contributed by atoms with Gasteiger partial charge in [0.2, 0.25) is 0 Å². The van der Waals surface area contributed by atoms with Crippen molar-refractivity contribution in [1.82, 2.24) is 0 Å². The molecule has 0 N–H and O–H groups in total. The lowest BCUT2D eigenvalue weighted by molar-refractivity contribution is -0.387. The summed E-state index contributed by atoms with van der Waals surface area (Å²) in [5.41, 5.74) is 0.139. The minimum atomic E-state index is -0.652. The molecule has 2 aromatic carbocycles. The highest BCUT2D eigenvalue weighted by atomic mass is 35.5. The summed E-state index contributed by atoms with van der Waals surface area (Å²) in [5, 5.41) is 11.6. The molecular weight excluding hydrogens is 378 g/mol. The van der Waals surface area contributed by atoms with E-state index in [0.29, 0.717) is 5.02 Å². The van der Waals surface area contributed by atoms with Crippen LogP contribution in [0.2, 0.25) is 5.02 Å². The van der Waals surface area contributed by atoms with Gasteiger partial charge in [0.1, 0.15) is 5.76 Å². The van der Waals surface area contributed by atoms with E-state index in [2.05, 4.69) is 0 Å². The van der Waals surface area contributed by atoms with Crippen LogP contribution in [0, 0.1) is 10.1 Å². The van der Waals surface area contributed by atoms with Crippen LogP contribution in [0.1, 0.15) is 24.2 Å². The summed E-state index contributed by atoms with van der Waals surface area (Å²) in [5.74, 6) is -0.948. The molecule has 0 saturated carbocycles. The van der Waals surface area contributed by atoms with E-state index in [1.165, 1.54) is 44.2 Å². The second kappa shape index (κ2) is 8.64. The molecule has 0 saturated heterocycles. The maximum absolute atomic E-state index is 12.2. The normalized spacial score (nSPS) is 11.5. The summed E-state index contributed by atoms with van der Waals surface area (Å²) < 4.78 is 5.26. The smallest absolute Gasteiger partial charge is 0.343 e. The lowest BCUT2D eigenvalue weighted by atomic mass is 10.2. The first kappa shape index (κ1) is 19.7. The van der Waals surface area contributed by atoms with Gasteiger partial charge in [0.25, 0.3) is 5.69 Å². The Morgan fingerprint density at radius 2 is 1.69 bits per heavy atom. The minimum absolute atomic E-state index is 0.0700. The molecule has 0 aliphatic rings. The number of carbonyl (C=O) groups excluding carboxylic acids is 2. The Kier molecular flexibility index (Phi) is 6.54. The first-order valence-electron chi connectivity index (χ1n) is 7.40. The molecule has 2 aromatic rings. The number of ketones is 1. The third-order valence-electron chi connectivity index (χ3n) is 3.24. The zero-order chi connectivity index (χ0) is 19.3. The fourth-order valence-electron chi connectivity index (χ4n) is 2.03. The number of hydrogen-bond donors (Lipinski definition) is 0. The highest BCUT2D eigenvalue weighted by Crippen LogP contribution is 2.36. The van der Waals surface area contributed by atoms with Crippen molar-refractivity contribution in [3.63, 3.8) is 0 Å². The summed E-state index contributed by atoms with van der Waals surface area (Å²) in [6.45, 7) is 2.77. The van der Waals surface area contributed by atoms with Gasteiger partial charge >= 0.3 is 5.97 Å². The lowest BCUT2D eigenvalue weighted by Crippen LogP contribution is -2.07. The zero-order valence-electron chi connectivity index (χ0n) is 13.9. The topological polar surface area (TPSA) is 86.5 Å². The molecule has 0 aliphatic carbocycles. The molecule has 6 nitrogen and oxygen atoms in total. The number of allylic oxidation sites excluding steroid dienone is 2. The minimum Gasteiger partial charge on any atom is -0.426 e. The van der Waals surface area contributed by atoms with Crippen molar-refractivity contribution in [2.45, 2.75) is 18.7 Å². The van der Waals surface area contributed by atoms with Gasteiger partial charge in [-0.1, -0.05) is 35.5 Å². The number of para-hydroxylation sites is 1. The lowest BCUT2D eigenvalue weighted by Gasteiger charge is -2.10. The van der Waals surface area contributed by atoms with Crippen LogP contribution in [0.3, 0.4) is 0 Å². The third-order valence-corrected chi connectivity index (χ3v) is 4.84. The van der Waals surface area contributed by atoms with Crippen molar-refractivity contribution in [3.8, 4) is 0 Å². The Morgan fingerprint density at radius 1 is 1.08 bits per heavy atom. The Labute approximate surface area is 159 Å². The first-order valence-corrected chi connectivity index (χ1v) is 8.60. The SMILES string of the molecule is CC(=O)C(Sc1ccccc1[N+](=O)[O-])=C(C)OC(=O)c1ccc(Cl)cc1. The Hall–Kier alpha value is -2.64. The van der Waals surface area contributed by atoms with E-state index in [-0.39, 0.29) is 32.6 Å². The van der Waals surface area contributed by atoms with Crippen LogP contribution in [0.5, 0.6) is 0 Å². The van der Waals surface area contributed by atoms with Crippen LogP contribution in [0.25, 0.3) is 0 Å². The number of Topliss-reactive ketones (excluding diaryl/α,β-unsaturated/α-hetero) is 1. The van der Waals surface area contributed by atoms with Crippen LogP contribution in [0.15, 0.2) is 64.1 Å².